The lowest BCUT2D eigenvalue weighted by atomic mass is 9.76. The number of hydrogen-bond donors (Lipinski definition) is 1. The molecule has 1 N–H and O–H groups in total. The predicted molar refractivity (Wildman–Crippen MR) is 70.0 cm³/mol. The molecule has 0 amide bonds. The van der Waals surface area contributed by atoms with Gasteiger partial charge >= 0.3 is 0 Å². The summed E-state index contributed by atoms with van der Waals surface area (Å²) in [4.78, 5) is 0. The summed E-state index contributed by atoms with van der Waals surface area (Å²) in [6.07, 6.45) is 11.2. The van der Waals surface area contributed by atoms with Crippen molar-refractivity contribution in [3.63, 3.8) is 0 Å². The Bertz CT molecular complexity index is 293. The van der Waals surface area contributed by atoms with E-state index in [9.17, 15) is 5.11 Å². The number of hydrogen-bond acceptors (Lipinski definition) is 2. The lowest BCUT2D eigenvalue weighted by Crippen LogP contribution is -2.47. The van der Waals surface area contributed by atoms with E-state index in [1.807, 2.05) is 0 Å². The van der Waals surface area contributed by atoms with Gasteiger partial charge in [-0.1, -0.05) is 18.9 Å². The minimum atomic E-state index is -0.598. The Morgan fingerprint density at radius 1 is 1.18 bits per heavy atom. The van der Waals surface area contributed by atoms with Crippen LogP contribution < -0.4 is 0 Å². The van der Waals surface area contributed by atoms with Crippen molar-refractivity contribution >= 4 is 0 Å². The van der Waals surface area contributed by atoms with E-state index in [-0.39, 0.29) is 5.60 Å². The van der Waals surface area contributed by atoms with Crippen molar-refractivity contribution in [2.24, 2.45) is 0 Å². The van der Waals surface area contributed by atoms with E-state index in [1.54, 1.807) is 0 Å². The highest BCUT2D eigenvalue weighted by atomic mass is 16.5. The van der Waals surface area contributed by atoms with E-state index < -0.39 is 5.60 Å². The summed E-state index contributed by atoms with van der Waals surface area (Å²) >= 11 is 0. The molecule has 0 saturated carbocycles. The Balaban J connectivity index is 2.12. The summed E-state index contributed by atoms with van der Waals surface area (Å²) in [7, 11) is 0. The quantitative estimate of drug-likeness (QED) is 0.707. The maximum atomic E-state index is 10.9. The molecule has 1 aliphatic heterocycles. The Hall–Kier alpha value is -0.340. The zero-order chi connectivity index (χ0) is 12.4. The third-order valence-electron chi connectivity index (χ3n) is 4.12. The van der Waals surface area contributed by atoms with Gasteiger partial charge in [-0.25, -0.2) is 0 Å². The van der Waals surface area contributed by atoms with E-state index in [4.69, 9.17) is 4.74 Å². The van der Waals surface area contributed by atoms with Gasteiger partial charge in [0, 0.05) is 12.8 Å². The maximum absolute atomic E-state index is 10.9. The molecule has 2 nitrogen and oxygen atoms in total. The molecule has 1 unspecified atom stereocenters. The van der Waals surface area contributed by atoms with Crippen LogP contribution in [0.3, 0.4) is 0 Å². The molecule has 1 fully saturated rings. The number of aliphatic hydroxyl groups is 1. The second-order valence-corrected chi connectivity index (χ2v) is 6.25. The third kappa shape index (κ3) is 3.32. The molecule has 2 rings (SSSR count). The topological polar surface area (TPSA) is 29.5 Å². The van der Waals surface area contributed by atoms with E-state index in [0.717, 1.165) is 25.7 Å². The van der Waals surface area contributed by atoms with Crippen LogP contribution in [0.25, 0.3) is 0 Å². The van der Waals surface area contributed by atoms with Gasteiger partial charge in [-0.05, 0) is 45.1 Å². The van der Waals surface area contributed by atoms with Gasteiger partial charge in [-0.2, -0.15) is 0 Å². The summed E-state index contributed by atoms with van der Waals surface area (Å²) in [5.74, 6) is 0. The van der Waals surface area contributed by atoms with E-state index in [0.29, 0.717) is 6.61 Å². The number of rotatable bonds is 1. The van der Waals surface area contributed by atoms with E-state index >= 15 is 0 Å². The smallest absolute Gasteiger partial charge is 0.0905 e. The van der Waals surface area contributed by atoms with Gasteiger partial charge in [0.2, 0.25) is 0 Å². The van der Waals surface area contributed by atoms with Crippen LogP contribution in [-0.2, 0) is 4.74 Å². The van der Waals surface area contributed by atoms with Crippen LogP contribution in [0.4, 0.5) is 0 Å². The van der Waals surface area contributed by atoms with Crippen LogP contribution in [-0.4, -0.2) is 22.9 Å². The number of allylic oxidation sites excluding steroid dienone is 1. The molecule has 0 spiro atoms. The summed E-state index contributed by atoms with van der Waals surface area (Å²) in [5.41, 5.74) is 0.503. The molecule has 98 valence electrons. The van der Waals surface area contributed by atoms with Gasteiger partial charge in [0.15, 0.2) is 0 Å². The molecular formula is C15H26O2. The van der Waals surface area contributed by atoms with Gasteiger partial charge in [-0.15, -0.1) is 0 Å². The van der Waals surface area contributed by atoms with Gasteiger partial charge in [0.1, 0.15) is 0 Å². The fraction of sp³-hybridized carbons (Fsp3) is 0.867. The largest absolute Gasteiger partial charge is 0.385 e. The Kier molecular flexibility index (Phi) is 3.94. The summed E-state index contributed by atoms with van der Waals surface area (Å²) in [5, 5.41) is 10.9. The monoisotopic (exact) mass is 238 g/mol. The molecule has 0 aromatic carbocycles. The first-order chi connectivity index (χ1) is 8.02. The van der Waals surface area contributed by atoms with Crippen LogP contribution in [0.1, 0.15) is 65.2 Å². The molecule has 1 heterocycles. The minimum Gasteiger partial charge on any atom is -0.385 e. The van der Waals surface area contributed by atoms with Gasteiger partial charge in [0.25, 0.3) is 0 Å². The Labute approximate surface area is 105 Å². The molecular weight excluding hydrogens is 212 g/mol. The summed E-state index contributed by atoms with van der Waals surface area (Å²) in [6, 6.07) is 0. The van der Waals surface area contributed by atoms with Crippen molar-refractivity contribution in [2.45, 2.75) is 76.4 Å². The van der Waals surface area contributed by atoms with Crippen molar-refractivity contribution in [3.8, 4) is 0 Å². The van der Waals surface area contributed by atoms with Crippen molar-refractivity contribution in [1.82, 2.24) is 0 Å². The molecule has 1 saturated heterocycles. The fourth-order valence-corrected chi connectivity index (χ4v) is 3.23. The average molecular weight is 238 g/mol. The predicted octanol–water partition coefficient (Wildman–Crippen LogP) is 3.59. The first-order valence-corrected chi connectivity index (χ1v) is 7.08. The lowest BCUT2D eigenvalue weighted by Gasteiger charge is -2.43. The van der Waals surface area contributed by atoms with Crippen molar-refractivity contribution in [1.29, 1.82) is 0 Å². The molecule has 2 heteroatoms. The lowest BCUT2D eigenvalue weighted by molar-refractivity contribution is -0.130. The first-order valence-electron chi connectivity index (χ1n) is 7.08. The van der Waals surface area contributed by atoms with Crippen LogP contribution in [0, 0.1) is 0 Å². The normalized spacial score (nSPS) is 34.6. The molecule has 0 bridgehead atoms. The maximum Gasteiger partial charge on any atom is 0.0905 e. The van der Waals surface area contributed by atoms with Gasteiger partial charge < -0.3 is 9.84 Å². The fourth-order valence-electron chi connectivity index (χ4n) is 3.23. The van der Waals surface area contributed by atoms with Crippen molar-refractivity contribution < 1.29 is 9.84 Å². The Morgan fingerprint density at radius 3 is 2.71 bits per heavy atom. The molecule has 0 aromatic heterocycles. The first kappa shape index (κ1) is 13.1. The molecule has 17 heavy (non-hydrogen) atoms. The van der Waals surface area contributed by atoms with Crippen LogP contribution in [0.2, 0.25) is 0 Å². The third-order valence-corrected chi connectivity index (χ3v) is 4.12. The molecule has 2 aliphatic rings. The number of ether oxygens (including phenoxy) is 1. The molecule has 0 aromatic rings. The van der Waals surface area contributed by atoms with Gasteiger partial charge in [-0.3, -0.25) is 0 Å². The minimum absolute atomic E-state index is 0.184. The van der Waals surface area contributed by atoms with E-state index in [1.165, 1.54) is 31.3 Å². The van der Waals surface area contributed by atoms with Crippen LogP contribution in [0.5, 0.6) is 0 Å². The van der Waals surface area contributed by atoms with E-state index in [2.05, 4.69) is 19.9 Å². The SMILES string of the molecule is CC1(C)CC(O)(C2=CCCCCCC2)CCO1. The highest BCUT2D eigenvalue weighted by molar-refractivity contribution is 5.19. The zero-order valence-electron chi connectivity index (χ0n) is 11.3. The van der Waals surface area contributed by atoms with Gasteiger partial charge in [0.05, 0.1) is 17.8 Å². The van der Waals surface area contributed by atoms with Crippen molar-refractivity contribution in [3.05, 3.63) is 11.6 Å². The molecule has 0 radical (unpaired) electrons. The zero-order valence-corrected chi connectivity index (χ0v) is 11.3. The average Bonchev–Trinajstić information content (AvgIpc) is 2.13. The van der Waals surface area contributed by atoms with Crippen LogP contribution in [0.15, 0.2) is 11.6 Å². The molecule has 1 atom stereocenters. The summed E-state index contributed by atoms with van der Waals surface area (Å²) < 4.78 is 5.72. The standard InChI is InChI=1S/C15H26O2/c1-14(2)12-15(16,10-11-17-14)13-8-6-4-3-5-7-9-13/h8,16H,3-7,9-12H2,1-2H3. The van der Waals surface area contributed by atoms with Crippen molar-refractivity contribution in [2.75, 3.05) is 6.61 Å². The molecule has 1 aliphatic carbocycles. The Morgan fingerprint density at radius 2 is 1.94 bits per heavy atom. The highest BCUT2D eigenvalue weighted by Gasteiger charge is 2.41. The highest BCUT2D eigenvalue weighted by Crippen LogP contribution is 2.39. The van der Waals surface area contributed by atoms with Crippen LogP contribution >= 0.6 is 0 Å². The second kappa shape index (κ2) is 5.11. The summed E-state index contributed by atoms with van der Waals surface area (Å²) in [6.45, 7) is 4.85. The second-order valence-electron chi connectivity index (χ2n) is 6.25.